The molecule has 18 heavy (non-hydrogen) atoms. The number of piperidine rings is 1. The smallest absolute Gasteiger partial charge is 0.313 e. The Hall–Kier alpha value is -1.09. The molecule has 0 aromatic carbocycles. The van der Waals surface area contributed by atoms with Crippen molar-refractivity contribution in [2.45, 2.75) is 37.7 Å². The summed E-state index contributed by atoms with van der Waals surface area (Å²) in [5.74, 6) is -0.0492. The number of nitrogens with zero attached hydrogens (tertiary/aromatic N) is 1. The summed E-state index contributed by atoms with van der Waals surface area (Å²) in [6.07, 6.45) is 7.77. The van der Waals surface area contributed by atoms with Crippen molar-refractivity contribution < 1.29 is 9.53 Å². The first-order valence-corrected chi connectivity index (χ1v) is 6.70. The Labute approximate surface area is 109 Å². The average molecular weight is 249 g/mol. The summed E-state index contributed by atoms with van der Waals surface area (Å²) in [4.78, 5) is 14.6. The van der Waals surface area contributed by atoms with Crippen LogP contribution < -0.4 is 0 Å². The quantitative estimate of drug-likeness (QED) is 0.566. The van der Waals surface area contributed by atoms with E-state index < -0.39 is 5.41 Å². The second-order valence-corrected chi connectivity index (χ2v) is 5.82. The fourth-order valence-corrected chi connectivity index (χ4v) is 3.28. The summed E-state index contributed by atoms with van der Waals surface area (Å²) in [7, 11) is 2.12. The highest BCUT2D eigenvalue weighted by Crippen LogP contribution is 2.49. The molecule has 2 fully saturated rings. The van der Waals surface area contributed by atoms with Crippen molar-refractivity contribution in [2.24, 2.45) is 5.41 Å². The van der Waals surface area contributed by atoms with Crippen molar-refractivity contribution >= 4 is 5.97 Å². The third-order valence-corrected chi connectivity index (χ3v) is 4.37. The zero-order chi connectivity index (χ0) is 13.2. The number of hydrogen-bond donors (Lipinski definition) is 0. The van der Waals surface area contributed by atoms with Crippen molar-refractivity contribution in [3.8, 4) is 0 Å². The van der Waals surface area contributed by atoms with Crippen LogP contribution in [0.3, 0.4) is 0 Å². The maximum Gasteiger partial charge on any atom is 0.313 e. The molecule has 3 nitrogen and oxygen atoms in total. The van der Waals surface area contributed by atoms with Gasteiger partial charge in [0.1, 0.15) is 5.60 Å². The van der Waals surface area contributed by atoms with Gasteiger partial charge >= 0.3 is 5.97 Å². The van der Waals surface area contributed by atoms with E-state index in [1.807, 2.05) is 12.2 Å². The van der Waals surface area contributed by atoms with Gasteiger partial charge in [0.05, 0.1) is 5.41 Å². The van der Waals surface area contributed by atoms with Crippen LogP contribution in [0.2, 0.25) is 0 Å². The molecule has 2 rings (SSSR count). The Morgan fingerprint density at radius 2 is 1.83 bits per heavy atom. The van der Waals surface area contributed by atoms with Crippen LogP contribution in [-0.4, -0.2) is 36.6 Å². The van der Waals surface area contributed by atoms with Gasteiger partial charge in [0, 0.05) is 19.5 Å². The second kappa shape index (κ2) is 4.88. The van der Waals surface area contributed by atoms with Crippen LogP contribution in [0, 0.1) is 5.41 Å². The fraction of sp³-hybridized carbons (Fsp3) is 0.667. The second-order valence-electron chi connectivity index (χ2n) is 5.82. The molecule has 100 valence electrons. The van der Waals surface area contributed by atoms with Crippen LogP contribution >= 0.6 is 0 Å². The zero-order valence-electron chi connectivity index (χ0n) is 11.3. The lowest BCUT2D eigenvalue weighted by molar-refractivity contribution is -0.156. The largest absolute Gasteiger partial charge is 0.458 e. The first kappa shape index (κ1) is 13.3. The van der Waals surface area contributed by atoms with E-state index in [0.29, 0.717) is 12.8 Å². The fourth-order valence-electron chi connectivity index (χ4n) is 3.28. The van der Waals surface area contributed by atoms with E-state index in [0.717, 1.165) is 32.4 Å². The minimum absolute atomic E-state index is 0.0492. The predicted octanol–water partition coefficient (Wildman–Crippen LogP) is 2.54. The molecule has 0 aliphatic carbocycles. The van der Waals surface area contributed by atoms with Crippen LogP contribution in [0.5, 0.6) is 0 Å². The van der Waals surface area contributed by atoms with Crippen LogP contribution in [0.15, 0.2) is 25.3 Å². The Bertz CT molecular complexity index is 344. The Balaban J connectivity index is 2.17. The van der Waals surface area contributed by atoms with Gasteiger partial charge in [-0.15, -0.1) is 13.2 Å². The third-order valence-electron chi connectivity index (χ3n) is 4.37. The number of hydrogen-bond acceptors (Lipinski definition) is 3. The van der Waals surface area contributed by atoms with Crippen molar-refractivity contribution in [3.05, 3.63) is 25.3 Å². The number of esters is 1. The summed E-state index contributed by atoms with van der Waals surface area (Å²) >= 11 is 0. The lowest BCUT2D eigenvalue weighted by Gasteiger charge is -2.36. The van der Waals surface area contributed by atoms with Gasteiger partial charge < -0.3 is 9.64 Å². The van der Waals surface area contributed by atoms with Gasteiger partial charge in [-0.2, -0.15) is 0 Å². The minimum Gasteiger partial charge on any atom is -0.458 e. The summed E-state index contributed by atoms with van der Waals surface area (Å²) in [6.45, 7) is 9.57. The van der Waals surface area contributed by atoms with E-state index in [2.05, 4.69) is 25.1 Å². The maximum absolute atomic E-state index is 12.3. The monoisotopic (exact) mass is 249 g/mol. The normalized spacial score (nSPS) is 25.9. The SMILES string of the molecule is C=CCC1(CC=C)CC2(CCN(C)CC2)OC1=O. The standard InChI is InChI=1S/C15H23NO2/c1-4-6-14(7-5-2)12-15(18-13(14)17)8-10-16(3)11-9-15/h4-5H,1-2,6-12H2,3H3. The molecular formula is C15H23NO2. The highest BCUT2D eigenvalue weighted by molar-refractivity contribution is 5.80. The molecule has 2 saturated heterocycles. The first-order valence-electron chi connectivity index (χ1n) is 6.70. The maximum atomic E-state index is 12.3. The van der Waals surface area contributed by atoms with Crippen molar-refractivity contribution in [1.29, 1.82) is 0 Å². The molecule has 0 amide bonds. The van der Waals surface area contributed by atoms with E-state index in [1.54, 1.807) is 0 Å². The van der Waals surface area contributed by atoms with E-state index in [9.17, 15) is 4.79 Å². The molecule has 2 aliphatic heterocycles. The van der Waals surface area contributed by atoms with Gasteiger partial charge in [-0.3, -0.25) is 4.79 Å². The van der Waals surface area contributed by atoms with Gasteiger partial charge in [-0.1, -0.05) is 12.2 Å². The Morgan fingerprint density at radius 3 is 2.33 bits per heavy atom. The molecular weight excluding hydrogens is 226 g/mol. The van der Waals surface area contributed by atoms with Crippen molar-refractivity contribution in [1.82, 2.24) is 4.90 Å². The molecule has 0 saturated carbocycles. The molecule has 2 aliphatic rings. The van der Waals surface area contributed by atoms with Gasteiger partial charge in [0.2, 0.25) is 0 Å². The van der Waals surface area contributed by atoms with Crippen molar-refractivity contribution in [2.75, 3.05) is 20.1 Å². The van der Waals surface area contributed by atoms with Crippen LogP contribution in [-0.2, 0) is 9.53 Å². The molecule has 1 spiro atoms. The molecule has 3 heteroatoms. The lowest BCUT2D eigenvalue weighted by Crippen LogP contribution is -2.42. The van der Waals surface area contributed by atoms with Gasteiger partial charge in [0.25, 0.3) is 0 Å². The van der Waals surface area contributed by atoms with E-state index in [4.69, 9.17) is 4.74 Å². The van der Waals surface area contributed by atoms with E-state index in [-0.39, 0.29) is 11.6 Å². The highest BCUT2D eigenvalue weighted by atomic mass is 16.6. The molecule has 0 N–H and O–H groups in total. The third kappa shape index (κ3) is 2.24. The Morgan fingerprint density at radius 1 is 1.28 bits per heavy atom. The molecule has 0 aromatic rings. The number of ether oxygens (including phenoxy) is 1. The highest BCUT2D eigenvalue weighted by Gasteiger charge is 2.55. The van der Waals surface area contributed by atoms with Crippen molar-refractivity contribution in [3.63, 3.8) is 0 Å². The van der Waals surface area contributed by atoms with Gasteiger partial charge in [-0.05, 0) is 32.7 Å². The van der Waals surface area contributed by atoms with Crippen LogP contribution in [0.4, 0.5) is 0 Å². The summed E-state index contributed by atoms with van der Waals surface area (Å²) in [5.41, 5.74) is -0.630. The number of allylic oxidation sites excluding steroid dienone is 2. The predicted molar refractivity (Wildman–Crippen MR) is 72.2 cm³/mol. The summed E-state index contributed by atoms with van der Waals surface area (Å²) in [6, 6.07) is 0. The van der Waals surface area contributed by atoms with Gasteiger partial charge in [0.15, 0.2) is 0 Å². The molecule has 0 radical (unpaired) electrons. The number of carbonyl (C=O) groups excluding carboxylic acids is 1. The molecule has 0 atom stereocenters. The van der Waals surface area contributed by atoms with E-state index >= 15 is 0 Å². The lowest BCUT2D eigenvalue weighted by atomic mass is 9.73. The average Bonchev–Trinajstić information content (AvgIpc) is 2.58. The number of carbonyl (C=O) groups is 1. The number of likely N-dealkylation sites (tertiary alicyclic amines) is 1. The molecule has 0 unspecified atom stereocenters. The first-order chi connectivity index (χ1) is 8.56. The van der Waals surface area contributed by atoms with Gasteiger partial charge in [-0.25, -0.2) is 0 Å². The molecule has 0 aromatic heterocycles. The minimum atomic E-state index is -0.403. The summed E-state index contributed by atoms with van der Waals surface area (Å²) < 4.78 is 5.80. The molecule has 2 heterocycles. The molecule has 0 bridgehead atoms. The van der Waals surface area contributed by atoms with Crippen LogP contribution in [0.25, 0.3) is 0 Å². The van der Waals surface area contributed by atoms with Crippen LogP contribution in [0.1, 0.15) is 32.1 Å². The topological polar surface area (TPSA) is 29.5 Å². The summed E-state index contributed by atoms with van der Waals surface area (Å²) in [5, 5.41) is 0. The van der Waals surface area contributed by atoms with E-state index in [1.165, 1.54) is 0 Å². The Kier molecular flexibility index (Phi) is 3.62. The number of rotatable bonds is 4. The zero-order valence-corrected chi connectivity index (χ0v) is 11.3.